The van der Waals surface area contributed by atoms with Gasteiger partial charge in [-0.2, -0.15) is 0 Å². The molecule has 0 saturated heterocycles. The van der Waals surface area contributed by atoms with E-state index in [0.717, 1.165) is 94.9 Å². The number of hydrogen-bond acceptors (Lipinski definition) is 6. The lowest BCUT2D eigenvalue weighted by molar-refractivity contribution is 0.215. The largest absolute Gasteiger partial charge is 0.494 e. The fraction of sp³-hybridized carbons (Fsp3) is 0.531. The molecule has 394 valence electrons. The van der Waals surface area contributed by atoms with Gasteiger partial charge >= 0.3 is 0 Å². The van der Waals surface area contributed by atoms with E-state index in [2.05, 4.69) is 96.0 Å². The first-order chi connectivity index (χ1) is 35.3. The highest BCUT2D eigenvalue weighted by Crippen LogP contribution is 2.43. The number of halogens is 2. The maximum Gasteiger partial charge on any atom is 0.119 e. The van der Waals surface area contributed by atoms with E-state index in [-0.39, 0.29) is 0 Å². The molecule has 0 saturated carbocycles. The Bertz CT molecular complexity index is 2120. The summed E-state index contributed by atoms with van der Waals surface area (Å²) in [4.78, 5) is 0. The van der Waals surface area contributed by atoms with Gasteiger partial charge in [-0.05, 0) is 120 Å². The van der Waals surface area contributed by atoms with Gasteiger partial charge in [0.25, 0.3) is 0 Å². The first-order valence-electron chi connectivity index (χ1n) is 28.1. The number of rotatable bonds is 38. The molecule has 0 amide bonds. The fourth-order valence-electron chi connectivity index (χ4n) is 9.36. The summed E-state index contributed by atoms with van der Waals surface area (Å²) in [6.07, 6.45) is 26.8. The van der Waals surface area contributed by atoms with Crippen molar-refractivity contribution in [3.63, 3.8) is 0 Å². The van der Waals surface area contributed by atoms with E-state index in [9.17, 15) is 10.2 Å². The second kappa shape index (κ2) is 34.6. The molecule has 0 spiro atoms. The third-order valence-electron chi connectivity index (χ3n) is 13.7. The van der Waals surface area contributed by atoms with E-state index in [1.165, 1.54) is 116 Å². The summed E-state index contributed by atoms with van der Waals surface area (Å²) < 4.78 is 26.7. The van der Waals surface area contributed by atoms with Crippen LogP contribution in [0.4, 0.5) is 0 Å². The Kier molecular flexibility index (Phi) is 28.4. The number of aliphatic hydroxyl groups excluding tert-OH is 2. The lowest BCUT2D eigenvalue weighted by atomic mass is 9.90. The zero-order valence-corrected chi connectivity index (χ0v) is 47.6. The molecule has 8 heteroatoms. The van der Waals surface area contributed by atoms with Crippen molar-refractivity contribution in [1.82, 2.24) is 0 Å². The third kappa shape index (κ3) is 20.1. The molecule has 5 aromatic carbocycles. The molecule has 6 nitrogen and oxygen atoms in total. The van der Waals surface area contributed by atoms with Crippen LogP contribution in [-0.2, 0) is 0 Å². The van der Waals surface area contributed by atoms with E-state index >= 15 is 0 Å². The SMILES string of the molecule is CCCCCCCCOc1cccc(-c2cc(OCCCCCCCC)ccc2C(O)c2cc(Br)c(C(O)c3ccc(OCCCCCCCC)cc3-c3cccc(OCCCCCCCC)c3)cc2Br)c1. The Morgan fingerprint density at radius 2 is 0.625 bits per heavy atom. The van der Waals surface area contributed by atoms with Gasteiger partial charge in [0, 0.05) is 20.1 Å². The molecule has 0 radical (unpaired) electrons. The Hall–Kier alpha value is -3.82. The van der Waals surface area contributed by atoms with Crippen LogP contribution in [0.15, 0.2) is 106 Å². The highest BCUT2D eigenvalue weighted by molar-refractivity contribution is 9.11. The minimum Gasteiger partial charge on any atom is -0.494 e. The Morgan fingerprint density at radius 1 is 0.333 bits per heavy atom. The minimum absolute atomic E-state index is 0.645. The van der Waals surface area contributed by atoms with Gasteiger partial charge in [-0.1, -0.05) is 224 Å². The molecule has 0 aliphatic rings. The molecule has 0 aliphatic heterocycles. The molecule has 72 heavy (non-hydrogen) atoms. The highest BCUT2D eigenvalue weighted by Gasteiger charge is 2.25. The topological polar surface area (TPSA) is 77.4 Å². The van der Waals surface area contributed by atoms with Gasteiger partial charge in [0.1, 0.15) is 35.2 Å². The standard InChI is InChI=1S/C64H88Br2O6/c1-5-9-13-17-21-25-39-69-51-33-29-31-49(43-51)57-45-53(71-41-27-23-19-15-11-7-3)35-37-55(57)63(67)59-47-62(66)60(48-61(59)65)64(68)56-38-36-54(72-42-28-24-20-16-12-8-4)46-58(56)50-32-30-34-52(44-50)70-40-26-22-18-14-10-6-2/h29-38,43-48,63-64,67-68H,5-28,39-42H2,1-4H3. The normalized spacial score (nSPS) is 12.2. The van der Waals surface area contributed by atoms with Crippen LogP contribution in [0.25, 0.3) is 22.3 Å². The lowest BCUT2D eigenvalue weighted by Crippen LogP contribution is -2.08. The second-order valence-corrected chi connectivity index (χ2v) is 21.4. The van der Waals surface area contributed by atoms with Crippen LogP contribution >= 0.6 is 31.9 Å². The van der Waals surface area contributed by atoms with Crippen molar-refractivity contribution < 1.29 is 29.2 Å². The van der Waals surface area contributed by atoms with Crippen LogP contribution in [0, 0.1) is 0 Å². The van der Waals surface area contributed by atoms with Gasteiger partial charge in [0.15, 0.2) is 0 Å². The summed E-state index contributed by atoms with van der Waals surface area (Å²) >= 11 is 7.72. The van der Waals surface area contributed by atoms with E-state index in [1.54, 1.807) is 0 Å². The maximum absolute atomic E-state index is 12.4. The predicted molar refractivity (Wildman–Crippen MR) is 309 cm³/mol. The van der Waals surface area contributed by atoms with Crippen molar-refractivity contribution >= 4 is 31.9 Å². The Balaban J connectivity index is 1.41. The van der Waals surface area contributed by atoms with Gasteiger partial charge in [-0.25, -0.2) is 0 Å². The quantitative estimate of drug-likeness (QED) is 0.0384. The van der Waals surface area contributed by atoms with Crippen LogP contribution in [0.2, 0.25) is 0 Å². The van der Waals surface area contributed by atoms with Crippen LogP contribution < -0.4 is 18.9 Å². The summed E-state index contributed by atoms with van der Waals surface area (Å²) in [6.45, 7) is 11.6. The zero-order valence-electron chi connectivity index (χ0n) is 44.5. The van der Waals surface area contributed by atoms with Crippen molar-refractivity contribution in [3.8, 4) is 45.3 Å². The Labute approximate surface area is 452 Å². The van der Waals surface area contributed by atoms with Crippen molar-refractivity contribution in [1.29, 1.82) is 0 Å². The Morgan fingerprint density at radius 3 is 0.944 bits per heavy atom. The van der Waals surface area contributed by atoms with Crippen LogP contribution in [0.3, 0.4) is 0 Å². The van der Waals surface area contributed by atoms with E-state index in [0.29, 0.717) is 46.5 Å². The van der Waals surface area contributed by atoms with E-state index in [4.69, 9.17) is 18.9 Å². The molecule has 0 aliphatic carbocycles. The first-order valence-corrected chi connectivity index (χ1v) is 29.7. The van der Waals surface area contributed by atoms with Gasteiger partial charge in [-0.15, -0.1) is 0 Å². The summed E-state index contributed by atoms with van der Waals surface area (Å²) in [5.41, 5.74) is 6.47. The molecular formula is C64H88Br2O6. The molecule has 5 rings (SSSR count). The summed E-state index contributed by atoms with van der Waals surface area (Å²) in [5, 5.41) is 24.9. The van der Waals surface area contributed by atoms with E-state index < -0.39 is 12.2 Å². The zero-order chi connectivity index (χ0) is 51.2. The molecule has 2 unspecified atom stereocenters. The molecule has 2 N–H and O–H groups in total. The minimum atomic E-state index is -1.00. The third-order valence-corrected chi connectivity index (χ3v) is 15.1. The van der Waals surface area contributed by atoms with Crippen molar-refractivity contribution in [2.75, 3.05) is 26.4 Å². The van der Waals surface area contributed by atoms with Crippen LogP contribution in [0.1, 0.15) is 216 Å². The number of unbranched alkanes of at least 4 members (excludes halogenated alkanes) is 20. The summed E-state index contributed by atoms with van der Waals surface area (Å²) in [5.74, 6) is 3.17. The molecule has 2 atom stereocenters. The highest BCUT2D eigenvalue weighted by atomic mass is 79.9. The van der Waals surface area contributed by atoms with Crippen molar-refractivity contribution in [2.45, 2.75) is 194 Å². The van der Waals surface area contributed by atoms with Crippen molar-refractivity contribution in [3.05, 3.63) is 128 Å². The van der Waals surface area contributed by atoms with Gasteiger partial charge in [0.05, 0.1) is 26.4 Å². The number of hydrogen-bond donors (Lipinski definition) is 2. The molecular weight excluding hydrogens is 1020 g/mol. The predicted octanol–water partition coefficient (Wildman–Crippen LogP) is 19.7. The average Bonchev–Trinajstić information content (AvgIpc) is 3.40. The lowest BCUT2D eigenvalue weighted by Gasteiger charge is -2.23. The fourth-order valence-corrected chi connectivity index (χ4v) is 10.5. The molecule has 5 aromatic rings. The molecule has 0 aromatic heterocycles. The smallest absolute Gasteiger partial charge is 0.119 e. The van der Waals surface area contributed by atoms with E-state index in [1.807, 2.05) is 60.7 Å². The monoisotopic (exact) mass is 1110 g/mol. The average molecular weight is 1110 g/mol. The van der Waals surface area contributed by atoms with Gasteiger partial charge in [0.2, 0.25) is 0 Å². The summed E-state index contributed by atoms with van der Waals surface area (Å²) in [6, 6.07) is 32.2. The maximum atomic E-state index is 12.4. The first kappa shape index (κ1) is 59.1. The molecule has 0 heterocycles. The number of benzene rings is 5. The second-order valence-electron chi connectivity index (χ2n) is 19.7. The van der Waals surface area contributed by atoms with Crippen LogP contribution in [0.5, 0.6) is 23.0 Å². The van der Waals surface area contributed by atoms with Crippen LogP contribution in [-0.4, -0.2) is 36.6 Å². The number of ether oxygens (including phenoxy) is 4. The van der Waals surface area contributed by atoms with Gasteiger partial charge in [-0.3, -0.25) is 0 Å². The van der Waals surface area contributed by atoms with Crippen molar-refractivity contribution in [2.24, 2.45) is 0 Å². The number of aliphatic hydroxyl groups is 2. The van der Waals surface area contributed by atoms with Gasteiger partial charge < -0.3 is 29.2 Å². The molecule has 0 fully saturated rings. The molecule has 0 bridgehead atoms. The summed E-state index contributed by atoms with van der Waals surface area (Å²) in [7, 11) is 0.